The predicted molar refractivity (Wildman–Crippen MR) is 136 cm³/mol. The van der Waals surface area contributed by atoms with Crippen LogP contribution in [-0.2, 0) is 25.5 Å². The molecule has 2 aliphatic rings. The summed E-state index contributed by atoms with van der Waals surface area (Å²) in [6, 6.07) is -0.454. The van der Waals surface area contributed by atoms with Gasteiger partial charge in [0.15, 0.2) is 24.1 Å². The van der Waals surface area contributed by atoms with Crippen molar-refractivity contribution in [2.45, 2.75) is 63.8 Å². The number of aromatic nitrogens is 4. The molecule has 3 atom stereocenters. The van der Waals surface area contributed by atoms with Crippen molar-refractivity contribution >= 4 is 58.7 Å². The number of imidazole rings is 1. The molecule has 2 N–H and O–H groups in total. The van der Waals surface area contributed by atoms with Crippen LogP contribution < -0.4 is 5.56 Å². The van der Waals surface area contributed by atoms with E-state index in [-0.39, 0.29) is 28.4 Å². The number of hydrogen-bond donors (Lipinski definition) is 2. The molecule has 0 amide bonds. The molecule has 14 heteroatoms. The lowest BCUT2D eigenvalue weighted by Gasteiger charge is -2.39. The molecule has 9 nitrogen and oxygen atoms in total. The van der Waals surface area contributed by atoms with Crippen LogP contribution in [0.3, 0.4) is 0 Å². The third-order valence-electron chi connectivity index (χ3n) is 6.14. The van der Waals surface area contributed by atoms with E-state index in [1.165, 1.54) is 6.33 Å². The van der Waals surface area contributed by atoms with Gasteiger partial charge in [-0.3, -0.25) is 14.3 Å². The Morgan fingerprint density at radius 3 is 2.75 bits per heavy atom. The second-order valence-corrected chi connectivity index (χ2v) is 24.9. The number of aromatic hydroxyl groups is 1. The van der Waals surface area contributed by atoms with Crippen LogP contribution in [0.5, 0.6) is 6.01 Å². The highest BCUT2D eigenvalue weighted by molar-refractivity contribution is 9.00. The summed E-state index contributed by atoms with van der Waals surface area (Å²) in [7, 11) is -2.08. The zero-order valence-corrected chi connectivity index (χ0v) is 23.1. The maximum atomic E-state index is 12.1. The first-order valence-corrected chi connectivity index (χ1v) is 19.2. The number of nitrogens with one attached hydrogen (secondary N) is 1. The molecule has 4 rings (SSSR count). The van der Waals surface area contributed by atoms with Crippen molar-refractivity contribution in [1.29, 1.82) is 0 Å². The monoisotopic (exact) mass is 536 g/mol. The summed E-state index contributed by atoms with van der Waals surface area (Å²) in [5.41, 5.74) is -0.0634. The summed E-state index contributed by atoms with van der Waals surface area (Å²) in [5, 5.41) is 9.82. The highest BCUT2D eigenvalue weighted by atomic mass is 33.2. The molecule has 32 heavy (non-hydrogen) atoms. The normalized spacial score (nSPS) is 26.2. The van der Waals surface area contributed by atoms with Crippen molar-refractivity contribution < 1.29 is 18.8 Å². The molecule has 2 aliphatic heterocycles. The van der Waals surface area contributed by atoms with Gasteiger partial charge in [-0.2, -0.15) is 4.98 Å². The van der Waals surface area contributed by atoms with Crippen LogP contribution in [0, 0.1) is 0 Å². The molecule has 178 valence electrons. The van der Waals surface area contributed by atoms with Gasteiger partial charge >= 0.3 is 0 Å². The van der Waals surface area contributed by atoms with Crippen molar-refractivity contribution in [3.63, 3.8) is 0 Å². The fourth-order valence-electron chi connectivity index (χ4n) is 3.40. The second-order valence-electron chi connectivity index (χ2n) is 9.40. The smallest absolute Gasteiger partial charge is 0.296 e. The lowest BCUT2D eigenvalue weighted by atomic mass is 10.2. The zero-order chi connectivity index (χ0) is 23.3. The Kier molecular flexibility index (Phi) is 6.94. The number of H-pyrrole nitrogens is 1. The summed E-state index contributed by atoms with van der Waals surface area (Å²) in [5.74, 6) is 2.04. The first-order valence-electron chi connectivity index (χ1n) is 10.4. The average molecular weight is 537 g/mol. The lowest BCUT2D eigenvalue weighted by Crippen LogP contribution is -2.46. The minimum Gasteiger partial charge on any atom is -0.480 e. The second kappa shape index (κ2) is 8.99. The molecule has 0 aliphatic carbocycles. The van der Waals surface area contributed by atoms with Crippen LogP contribution in [0.2, 0.25) is 18.1 Å². The number of hydrogen-bond acceptors (Lipinski definition) is 10. The summed E-state index contributed by atoms with van der Waals surface area (Å²) in [6.45, 7) is 11.4. The molecule has 0 spiro atoms. The van der Waals surface area contributed by atoms with Gasteiger partial charge in [0.05, 0.1) is 19.0 Å². The number of rotatable bonds is 6. The van der Waals surface area contributed by atoms with E-state index in [0.717, 1.165) is 11.5 Å². The van der Waals surface area contributed by atoms with E-state index in [9.17, 15) is 9.90 Å². The first-order chi connectivity index (χ1) is 14.9. The molecule has 0 saturated carbocycles. The van der Waals surface area contributed by atoms with Gasteiger partial charge in [0.25, 0.3) is 11.6 Å². The van der Waals surface area contributed by atoms with E-state index in [0.29, 0.717) is 13.0 Å². The summed E-state index contributed by atoms with van der Waals surface area (Å²) >= 11 is 9.22. The van der Waals surface area contributed by atoms with Gasteiger partial charge in [-0.25, -0.2) is 4.98 Å². The molecule has 4 heterocycles. The predicted octanol–water partition coefficient (Wildman–Crippen LogP) is 4.22. The van der Waals surface area contributed by atoms with Crippen molar-refractivity contribution in [2.75, 3.05) is 18.1 Å². The lowest BCUT2D eigenvalue weighted by molar-refractivity contribution is -0.0336. The van der Waals surface area contributed by atoms with Crippen molar-refractivity contribution in [1.82, 2.24) is 19.5 Å². The van der Waals surface area contributed by atoms with E-state index in [1.807, 2.05) is 0 Å². The Morgan fingerprint density at radius 1 is 1.41 bits per heavy atom. The number of ether oxygens (including phenoxy) is 1. The minimum absolute atomic E-state index is 0.0439. The van der Waals surface area contributed by atoms with Gasteiger partial charge in [0, 0.05) is 17.9 Å². The van der Waals surface area contributed by atoms with Gasteiger partial charge in [0.1, 0.15) is 12.3 Å². The van der Waals surface area contributed by atoms with Crippen molar-refractivity contribution in [3.05, 3.63) is 16.7 Å². The van der Waals surface area contributed by atoms with Gasteiger partial charge in [-0.05, 0) is 29.9 Å². The standard InChI is InChI=1S/C18H29N4O5PS3Si/c1-18(2,3)32(4,5)27-11-8-13(26-12(11)9-25-28(29)30-6-7-31-28)22-10-19-14-15(22)20-17(24)21-16(14)23/h10-13H,6-9H2,1-5H3,(H2,20,21,23,24)/t11?,12?,13-/m1/s1. The van der Waals surface area contributed by atoms with E-state index in [1.54, 1.807) is 27.3 Å². The molecular weight excluding hydrogens is 507 g/mol. The Bertz CT molecular complexity index is 1090. The minimum atomic E-state index is -2.08. The van der Waals surface area contributed by atoms with Crippen LogP contribution in [0.4, 0.5) is 0 Å². The van der Waals surface area contributed by atoms with Gasteiger partial charge in [-0.1, -0.05) is 43.5 Å². The topological polar surface area (TPSA) is 111 Å². The van der Waals surface area contributed by atoms with Crippen LogP contribution >= 0.6 is 27.4 Å². The summed E-state index contributed by atoms with van der Waals surface area (Å²) in [4.78, 5) is 22.6. The molecule has 2 aromatic heterocycles. The van der Waals surface area contributed by atoms with Gasteiger partial charge in [0.2, 0.25) is 0 Å². The van der Waals surface area contributed by atoms with E-state index in [2.05, 4.69) is 48.8 Å². The third kappa shape index (κ3) is 5.00. The highest BCUT2D eigenvalue weighted by Crippen LogP contribution is 2.74. The molecule has 0 bridgehead atoms. The fourth-order valence-corrected chi connectivity index (χ4v) is 13.6. The SMILES string of the molecule is CC(C)(C)[Si](C)(C)OC1C[C@H](n2cnc3c(=O)[nH]c(O)nc32)OC1COP1(=S)SCCS1. The van der Waals surface area contributed by atoms with Crippen molar-refractivity contribution in [2.24, 2.45) is 0 Å². The largest absolute Gasteiger partial charge is 0.480 e. The molecular formula is C18H29N4O5PS3Si. The Hall–Kier alpha value is -0.403. The van der Waals surface area contributed by atoms with Gasteiger partial charge in [-0.15, -0.1) is 0 Å². The van der Waals surface area contributed by atoms with E-state index >= 15 is 0 Å². The van der Waals surface area contributed by atoms with Gasteiger partial charge < -0.3 is 18.8 Å². The Labute approximate surface area is 201 Å². The maximum absolute atomic E-state index is 12.1. The van der Waals surface area contributed by atoms with Crippen LogP contribution in [0.25, 0.3) is 11.2 Å². The number of aromatic amines is 1. The van der Waals surface area contributed by atoms with E-state index in [4.69, 9.17) is 25.5 Å². The van der Waals surface area contributed by atoms with Crippen LogP contribution in [0.1, 0.15) is 33.4 Å². The van der Waals surface area contributed by atoms with Crippen LogP contribution in [-0.4, -0.2) is 63.3 Å². The fraction of sp³-hybridized carbons (Fsp3) is 0.722. The van der Waals surface area contributed by atoms with Crippen molar-refractivity contribution in [3.8, 4) is 6.01 Å². The van der Waals surface area contributed by atoms with Crippen LogP contribution in [0.15, 0.2) is 11.1 Å². The quantitative estimate of drug-likeness (QED) is 0.411. The molecule has 2 aromatic rings. The van der Waals surface area contributed by atoms with E-state index < -0.39 is 30.8 Å². The molecule has 0 radical (unpaired) electrons. The Morgan fingerprint density at radius 2 is 2.09 bits per heavy atom. The summed E-state index contributed by atoms with van der Waals surface area (Å²) < 4.78 is 19.1. The highest BCUT2D eigenvalue weighted by Gasteiger charge is 2.46. The average Bonchev–Trinajstić information content (AvgIpc) is 3.38. The molecule has 2 saturated heterocycles. The molecule has 2 fully saturated rings. The maximum Gasteiger partial charge on any atom is 0.296 e. The Balaban J connectivity index is 1.60. The third-order valence-corrected chi connectivity index (χ3v) is 20.5. The summed E-state index contributed by atoms with van der Waals surface area (Å²) in [6.07, 6.45) is 1.15. The first kappa shape index (κ1) is 24.7. The molecule has 2 unspecified atom stereocenters. The molecule has 0 aromatic carbocycles. The number of fused-ring (bicyclic) bond motifs is 1. The number of nitrogens with zero attached hydrogens (tertiary/aromatic N) is 3. The zero-order valence-electron chi connectivity index (χ0n) is 18.7.